The minimum atomic E-state index is 0.0337. The van der Waals surface area contributed by atoms with Crippen molar-refractivity contribution in [1.29, 1.82) is 0 Å². The van der Waals surface area contributed by atoms with Crippen LogP contribution in [0.1, 0.15) is 22.7 Å². The molecule has 2 aromatic rings. The van der Waals surface area contributed by atoms with Gasteiger partial charge in [-0.05, 0) is 24.5 Å². The summed E-state index contributed by atoms with van der Waals surface area (Å²) in [4.78, 5) is 10.7. The predicted molar refractivity (Wildman–Crippen MR) is 73.3 cm³/mol. The zero-order valence-corrected chi connectivity index (χ0v) is 10.5. The average molecular weight is 239 g/mol. The second kappa shape index (κ2) is 6.01. The first kappa shape index (κ1) is 12.4. The maximum atomic E-state index is 10.7. The summed E-state index contributed by atoms with van der Waals surface area (Å²) in [5.41, 5.74) is 3.60. The lowest BCUT2D eigenvalue weighted by Crippen LogP contribution is -2.21. The summed E-state index contributed by atoms with van der Waals surface area (Å²) in [7, 11) is 0. The molecule has 1 amide bonds. The predicted octanol–water partition coefficient (Wildman–Crippen LogP) is 3.02. The molecule has 0 heterocycles. The Balaban J connectivity index is 2.16. The van der Waals surface area contributed by atoms with Gasteiger partial charge in [0.25, 0.3) is 0 Å². The maximum Gasteiger partial charge on any atom is 0.207 e. The summed E-state index contributed by atoms with van der Waals surface area (Å²) in [5.74, 6) is 0. The Kier molecular flexibility index (Phi) is 4.13. The highest BCUT2D eigenvalue weighted by Gasteiger charge is 2.10. The van der Waals surface area contributed by atoms with Gasteiger partial charge < -0.3 is 5.32 Å². The Hall–Kier alpha value is -2.09. The van der Waals surface area contributed by atoms with Crippen molar-refractivity contribution in [2.75, 3.05) is 0 Å². The summed E-state index contributed by atoms with van der Waals surface area (Å²) in [5, 5.41) is 2.88. The molecule has 18 heavy (non-hydrogen) atoms. The Labute approximate surface area is 108 Å². The molecule has 1 N–H and O–H groups in total. The molecule has 2 aromatic carbocycles. The summed E-state index contributed by atoms with van der Waals surface area (Å²) in [6.45, 7) is 2.07. The van der Waals surface area contributed by atoms with Crippen molar-refractivity contribution in [3.8, 4) is 0 Å². The first-order chi connectivity index (χ1) is 8.79. The van der Waals surface area contributed by atoms with Crippen LogP contribution in [0.3, 0.4) is 0 Å². The normalized spacial score (nSPS) is 11.8. The maximum absolute atomic E-state index is 10.7. The Bertz CT molecular complexity index is 490. The number of nitrogens with one attached hydrogen (secondary N) is 1. The van der Waals surface area contributed by atoms with Crippen LogP contribution < -0.4 is 5.32 Å². The van der Waals surface area contributed by atoms with Gasteiger partial charge in [-0.15, -0.1) is 0 Å². The smallest absolute Gasteiger partial charge is 0.207 e. The van der Waals surface area contributed by atoms with E-state index in [0.29, 0.717) is 0 Å². The van der Waals surface area contributed by atoms with Gasteiger partial charge in [0.05, 0.1) is 6.04 Å². The standard InChI is InChI=1S/C16H17NO/c1-13-7-9-14(10-8-13)11-16(17-12-18)15-5-3-2-4-6-15/h2-10,12,16H,11H2,1H3,(H,17,18). The van der Waals surface area contributed by atoms with E-state index in [4.69, 9.17) is 0 Å². The summed E-state index contributed by atoms with van der Waals surface area (Å²) in [6.07, 6.45) is 1.58. The molecule has 1 unspecified atom stereocenters. The molecule has 0 saturated heterocycles. The molecule has 2 nitrogen and oxygen atoms in total. The Morgan fingerprint density at radius 3 is 2.33 bits per heavy atom. The topological polar surface area (TPSA) is 29.1 Å². The van der Waals surface area contributed by atoms with Crippen molar-refractivity contribution in [3.05, 3.63) is 71.3 Å². The third kappa shape index (κ3) is 3.20. The molecule has 0 aliphatic rings. The molecule has 0 saturated carbocycles. The molecule has 0 aliphatic heterocycles. The molecule has 2 heteroatoms. The summed E-state index contributed by atoms with van der Waals surface area (Å²) in [6, 6.07) is 18.5. The molecular formula is C16H17NO. The molecule has 0 radical (unpaired) electrons. The minimum Gasteiger partial charge on any atom is -0.352 e. The lowest BCUT2D eigenvalue weighted by molar-refractivity contribution is -0.110. The van der Waals surface area contributed by atoms with Crippen LogP contribution in [-0.4, -0.2) is 6.41 Å². The fourth-order valence-corrected chi connectivity index (χ4v) is 2.00. The number of aryl methyl sites for hydroxylation is 1. The van der Waals surface area contributed by atoms with E-state index in [-0.39, 0.29) is 6.04 Å². The lowest BCUT2D eigenvalue weighted by Gasteiger charge is -2.16. The highest BCUT2D eigenvalue weighted by atomic mass is 16.1. The largest absolute Gasteiger partial charge is 0.352 e. The first-order valence-corrected chi connectivity index (χ1v) is 6.10. The van der Waals surface area contributed by atoms with E-state index in [1.807, 2.05) is 30.3 Å². The number of hydrogen-bond donors (Lipinski definition) is 1. The fourth-order valence-electron chi connectivity index (χ4n) is 2.00. The van der Waals surface area contributed by atoms with Gasteiger partial charge in [-0.1, -0.05) is 60.2 Å². The van der Waals surface area contributed by atoms with Crippen molar-refractivity contribution in [1.82, 2.24) is 5.32 Å². The van der Waals surface area contributed by atoms with Gasteiger partial charge in [-0.25, -0.2) is 0 Å². The first-order valence-electron chi connectivity index (χ1n) is 6.10. The van der Waals surface area contributed by atoms with Crippen LogP contribution in [0.15, 0.2) is 54.6 Å². The summed E-state index contributed by atoms with van der Waals surface area (Å²) >= 11 is 0. The van der Waals surface area contributed by atoms with Gasteiger partial charge in [-0.3, -0.25) is 4.79 Å². The van der Waals surface area contributed by atoms with E-state index in [9.17, 15) is 4.79 Å². The van der Waals surface area contributed by atoms with Crippen LogP contribution in [0, 0.1) is 6.92 Å². The van der Waals surface area contributed by atoms with Crippen molar-refractivity contribution in [2.45, 2.75) is 19.4 Å². The van der Waals surface area contributed by atoms with Crippen molar-refractivity contribution in [2.24, 2.45) is 0 Å². The molecular weight excluding hydrogens is 222 g/mol. The lowest BCUT2D eigenvalue weighted by atomic mass is 9.98. The van der Waals surface area contributed by atoms with E-state index in [2.05, 4.69) is 36.5 Å². The van der Waals surface area contributed by atoms with E-state index in [1.54, 1.807) is 0 Å². The zero-order chi connectivity index (χ0) is 12.8. The molecule has 0 bridgehead atoms. The Morgan fingerprint density at radius 2 is 1.72 bits per heavy atom. The number of benzene rings is 2. The van der Waals surface area contributed by atoms with Crippen LogP contribution in [0.2, 0.25) is 0 Å². The Morgan fingerprint density at radius 1 is 1.06 bits per heavy atom. The van der Waals surface area contributed by atoms with Crippen LogP contribution >= 0.6 is 0 Å². The second-order valence-corrected chi connectivity index (χ2v) is 4.44. The highest BCUT2D eigenvalue weighted by molar-refractivity contribution is 5.48. The summed E-state index contributed by atoms with van der Waals surface area (Å²) < 4.78 is 0. The van der Waals surface area contributed by atoms with E-state index < -0.39 is 0 Å². The SMILES string of the molecule is Cc1ccc(CC(NC=O)c2ccccc2)cc1. The van der Waals surface area contributed by atoms with Crippen molar-refractivity contribution < 1.29 is 4.79 Å². The molecule has 0 aromatic heterocycles. The third-order valence-corrected chi connectivity index (χ3v) is 3.03. The van der Waals surface area contributed by atoms with E-state index >= 15 is 0 Å². The van der Waals surface area contributed by atoms with Crippen LogP contribution in [0.25, 0.3) is 0 Å². The van der Waals surface area contributed by atoms with Crippen molar-refractivity contribution >= 4 is 6.41 Å². The number of carbonyl (C=O) groups is 1. The van der Waals surface area contributed by atoms with Crippen molar-refractivity contribution in [3.63, 3.8) is 0 Å². The highest BCUT2D eigenvalue weighted by Crippen LogP contribution is 2.18. The molecule has 0 fully saturated rings. The second-order valence-electron chi connectivity index (χ2n) is 4.44. The van der Waals surface area contributed by atoms with Gasteiger partial charge in [0, 0.05) is 0 Å². The zero-order valence-electron chi connectivity index (χ0n) is 10.5. The van der Waals surface area contributed by atoms with Gasteiger partial charge in [0.1, 0.15) is 0 Å². The monoisotopic (exact) mass is 239 g/mol. The van der Waals surface area contributed by atoms with Crippen LogP contribution in [0.5, 0.6) is 0 Å². The van der Waals surface area contributed by atoms with Gasteiger partial charge in [0.15, 0.2) is 0 Å². The average Bonchev–Trinajstić information content (AvgIpc) is 2.42. The molecule has 1 atom stereocenters. The van der Waals surface area contributed by atoms with E-state index in [0.717, 1.165) is 18.4 Å². The molecule has 92 valence electrons. The quantitative estimate of drug-likeness (QED) is 0.798. The van der Waals surface area contributed by atoms with Gasteiger partial charge in [-0.2, -0.15) is 0 Å². The molecule has 0 aliphatic carbocycles. The third-order valence-electron chi connectivity index (χ3n) is 3.03. The van der Waals surface area contributed by atoms with Crippen LogP contribution in [0.4, 0.5) is 0 Å². The fraction of sp³-hybridized carbons (Fsp3) is 0.188. The minimum absolute atomic E-state index is 0.0337. The molecule has 0 spiro atoms. The number of hydrogen-bond acceptors (Lipinski definition) is 1. The van der Waals surface area contributed by atoms with Crippen LogP contribution in [-0.2, 0) is 11.2 Å². The van der Waals surface area contributed by atoms with Gasteiger partial charge in [0.2, 0.25) is 6.41 Å². The number of carbonyl (C=O) groups excluding carboxylic acids is 1. The number of rotatable bonds is 5. The molecule has 2 rings (SSSR count). The number of amides is 1. The van der Waals surface area contributed by atoms with E-state index in [1.165, 1.54) is 11.1 Å². The van der Waals surface area contributed by atoms with Gasteiger partial charge >= 0.3 is 0 Å².